The summed E-state index contributed by atoms with van der Waals surface area (Å²) in [6.07, 6.45) is -4.26. The fraction of sp³-hybridized carbons (Fsp3) is 1.00. The van der Waals surface area contributed by atoms with Crippen LogP contribution in [0, 0.1) is 0 Å². The van der Waals surface area contributed by atoms with Crippen molar-refractivity contribution in [2.75, 3.05) is 0 Å². The summed E-state index contributed by atoms with van der Waals surface area (Å²) in [7, 11) is 0. The molecule has 0 heterocycles. The molecule has 0 aliphatic heterocycles. The molecular formula is C5H10O4. The second-order valence-corrected chi connectivity index (χ2v) is 2.35. The normalized spacial score (nSPS) is 52.0. The van der Waals surface area contributed by atoms with Crippen LogP contribution in [0.5, 0.6) is 0 Å². The number of hydrogen-bond donors (Lipinski definition) is 4. The summed E-state index contributed by atoms with van der Waals surface area (Å²) in [5.41, 5.74) is 0. The molecule has 0 aromatic carbocycles. The van der Waals surface area contributed by atoms with E-state index in [1.165, 1.54) is 0 Å². The van der Waals surface area contributed by atoms with E-state index in [1.54, 1.807) is 0 Å². The van der Waals surface area contributed by atoms with Gasteiger partial charge < -0.3 is 20.4 Å². The highest BCUT2D eigenvalue weighted by atomic mass is 16.4. The summed E-state index contributed by atoms with van der Waals surface area (Å²) in [4.78, 5) is 0. The molecule has 4 heteroatoms. The van der Waals surface area contributed by atoms with Crippen LogP contribution in [0.3, 0.4) is 0 Å². The monoisotopic (exact) mass is 134 g/mol. The Labute approximate surface area is 52.4 Å². The van der Waals surface area contributed by atoms with Gasteiger partial charge in [-0.2, -0.15) is 0 Å². The van der Waals surface area contributed by atoms with Crippen LogP contribution in [0.15, 0.2) is 0 Å². The van der Waals surface area contributed by atoms with Gasteiger partial charge in [0, 0.05) is 6.42 Å². The number of aliphatic hydroxyl groups is 4. The molecular weight excluding hydrogens is 124 g/mol. The Balaban J connectivity index is 2.54. The van der Waals surface area contributed by atoms with Gasteiger partial charge in [0.15, 0.2) is 0 Å². The molecule has 1 saturated carbocycles. The molecule has 0 saturated heterocycles. The summed E-state index contributed by atoms with van der Waals surface area (Å²) in [5.74, 6) is 0. The molecule has 0 aromatic heterocycles. The van der Waals surface area contributed by atoms with E-state index in [2.05, 4.69) is 0 Å². The van der Waals surface area contributed by atoms with Crippen LogP contribution >= 0.6 is 0 Å². The lowest BCUT2D eigenvalue weighted by Crippen LogP contribution is -2.32. The SMILES string of the molecule is O[C@@H]1[C@H](O)[C@H](O)C[C@H]1O. The number of aliphatic hydroxyl groups excluding tert-OH is 4. The largest absolute Gasteiger partial charge is 0.390 e. The highest BCUT2D eigenvalue weighted by Crippen LogP contribution is 2.19. The number of hydrogen-bond acceptors (Lipinski definition) is 4. The Morgan fingerprint density at radius 3 is 1.22 bits per heavy atom. The maximum Gasteiger partial charge on any atom is 0.108 e. The maximum absolute atomic E-state index is 8.78. The Hall–Kier alpha value is -0.160. The first-order valence-electron chi connectivity index (χ1n) is 2.85. The van der Waals surface area contributed by atoms with Crippen molar-refractivity contribution < 1.29 is 20.4 Å². The van der Waals surface area contributed by atoms with Crippen LogP contribution in [-0.4, -0.2) is 44.8 Å². The predicted molar refractivity (Wildman–Crippen MR) is 28.6 cm³/mol. The second kappa shape index (κ2) is 2.22. The molecule has 1 fully saturated rings. The molecule has 0 bridgehead atoms. The minimum absolute atomic E-state index is 0.0579. The molecule has 0 unspecified atom stereocenters. The minimum Gasteiger partial charge on any atom is -0.390 e. The average Bonchev–Trinajstić information content (AvgIpc) is 1.98. The molecule has 1 aliphatic carbocycles. The highest BCUT2D eigenvalue weighted by molar-refractivity contribution is 4.90. The Morgan fingerprint density at radius 1 is 0.778 bits per heavy atom. The summed E-state index contributed by atoms with van der Waals surface area (Å²) >= 11 is 0. The van der Waals surface area contributed by atoms with Crippen molar-refractivity contribution in [1.29, 1.82) is 0 Å². The number of rotatable bonds is 0. The highest BCUT2D eigenvalue weighted by Gasteiger charge is 2.39. The van der Waals surface area contributed by atoms with Crippen LogP contribution in [0.2, 0.25) is 0 Å². The van der Waals surface area contributed by atoms with Gasteiger partial charge in [-0.1, -0.05) is 0 Å². The fourth-order valence-electron chi connectivity index (χ4n) is 0.981. The van der Waals surface area contributed by atoms with Gasteiger partial charge in [-0.15, -0.1) is 0 Å². The van der Waals surface area contributed by atoms with Crippen molar-refractivity contribution in [3.05, 3.63) is 0 Å². The van der Waals surface area contributed by atoms with Crippen molar-refractivity contribution in [2.24, 2.45) is 0 Å². The lowest BCUT2D eigenvalue weighted by atomic mass is 10.2. The molecule has 9 heavy (non-hydrogen) atoms. The Morgan fingerprint density at radius 2 is 1.11 bits per heavy atom. The quantitative estimate of drug-likeness (QED) is 0.304. The molecule has 0 aromatic rings. The van der Waals surface area contributed by atoms with Crippen LogP contribution < -0.4 is 0 Å². The van der Waals surface area contributed by atoms with E-state index >= 15 is 0 Å². The standard InChI is InChI=1S/C5H10O4/c6-2-1-3(7)5(9)4(2)8/h2-9H,1H2/t2-,3-,4-,5+/m1/s1. The van der Waals surface area contributed by atoms with E-state index in [9.17, 15) is 0 Å². The first-order valence-corrected chi connectivity index (χ1v) is 2.85. The van der Waals surface area contributed by atoms with Crippen LogP contribution in [0.1, 0.15) is 6.42 Å². The smallest absolute Gasteiger partial charge is 0.108 e. The van der Waals surface area contributed by atoms with Crippen LogP contribution in [0.25, 0.3) is 0 Å². The minimum atomic E-state index is -1.18. The van der Waals surface area contributed by atoms with Crippen molar-refractivity contribution in [2.45, 2.75) is 30.8 Å². The van der Waals surface area contributed by atoms with E-state index < -0.39 is 24.4 Å². The summed E-state index contributed by atoms with van der Waals surface area (Å²) in [5, 5.41) is 35.1. The molecule has 1 rings (SSSR count). The van der Waals surface area contributed by atoms with Gasteiger partial charge in [-0.25, -0.2) is 0 Å². The van der Waals surface area contributed by atoms with Crippen molar-refractivity contribution >= 4 is 0 Å². The fourth-order valence-corrected chi connectivity index (χ4v) is 0.981. The van der Waals surface area contributed by atoms with Gasteiger partial charge in [0.05, 0.1) is 12.2 Å². The zero-order chi connectivity index (χ0) is 7.02. The van der Waals surface area contributed by atoms with E-state index in [-0.39, 0.29) is 6.42 Å². The lowest BCUT2D eigenvalue weighted by molar-refractivity contribution is -0.0413. The average molecular weight is 134 g/mol. The van der Waals surface area contributed by atoms with Crippen LogP contribution in [-0.2, 0) is 0 Å². The summed E-state index contributed by atoms with van der Waals surface area (Å²) in [6, 6.07) is 0. The third-order valence-electron chi connectivity index (χ3n) is 1.62. The molecule has 0 amide bonds. The van der Waals surface area contributed by atoms with Gasteiger partial charge in [0.2, 0.25) is 0 Å². The third kappa shape index (κ3) is 1.07. The first kappa shape index (κ1) is 6.95. The Bertz CT molecular complexity index is 93.1. The topological polar surface area (TPSA) is 80.9 Å². The third-order valence-corrected chi connectivity index (χ3v) is 1.62. The van der Waals surface area contributed by atoms with Gasteiger partial charge in [0.25, 0.3) is 0 Å². The molecule has 4 nitrogen and oxygen atoms in total. The summed E-state index contributed by atoms with van der Waals surface area (Å²) in [6.45, 7) is 0. The lowest BCUT2D eigenvalue weighted by Gasteiger charge is -2.10. The zero-order valence-electron chi connectivity index (χ0n) is 4.81. The van der Waals surface area contributed by atoms with Crippen molar-refractivity contribution in [3.63, 3.8) is 0 Å². The zero-order valence-corrected chi connectivity index (χ0v) is 4.81. The Kier molecular flexibility index (Phi) is 1.72. The van der Waals surface area contributed by atoms with Crippen molar-refractivity contribution in [3.8, 4) is 0 Å². The first-order chi connectivity index (χ1) is 4.13. The molecule has 0 radical (unpaired) electrons. The van der Waals surface area contributed by atoms with Crippen LogP contribution in [0.4, 0.5) is 0 Å². The van der Waals surface area contributed by atoms with Gasteiger partial charge in [-0.05, 0) is 0 Å². The van der Waals surface area contributed by atoms with Crippen molar-refractivity contribution in [1.82, 2.24) is 0 Å². The maximum atomic E-state index is 8.78. The summed E-state index contributed by atoms with van der Waals surface area (Å²) < 4.78 is 0. The second-order valence-electron chi connectivity index (χ2n) is 2.35. The molecule has 4 N–H and O–H groups in total. The molecule has 0 spiro atoms. The van der Waals surface area contributed by atoms with E-state index in [1.807, 2.05) is 0 Å². The van der Waals surface area contributed by atoms with Gasteiger partial charge in [-0.3, -0.25) is 0 Å². The van der Waals surface area contributed by atoms with E-state index in [4.69, 9.17) is 20.4 Å². The molecule has 4 atom stereocenters. The van der Waals surface area contributed by atoms with E-state index in [0.29, 0.717) is 0 Å². The predicted octanol–water partition coefficient (Wildman–Crippen LogP) is -2.17. The van der Waals surface area contributed by atoms with Gasteiger partial charge in [0.1, 0.15) is 12.2 Å². The molecule has 54 valence electrons. The van der Waals surface area contributed by atoms with Gasteiger partial charge >= 0.3 is 0 Å². The van der Waals surface area contributed by atoms with E-state index in [0.717, 1.165) is 0 Å². The molecule has 1 aliphatic rings.